The van der Waals surface area contributed by atoms with Crippen LogP contribution in [0, 0.1) is 5.92 Å². The number of hydrogen-bond acceptors (Lipinski definition) is 2. The average molecular weight is 246 g/mol. The highest BCUT2D eigenvalue weighted by atomic mass is 15.2. The molecule has 1 heterocycles. The van der Waals surface area contributed by atoms with Gasteiger partial charge in [0.05, 0.1) is 0 Å². The van der Waals surface area contributed by atoms with E-state index < -0.39 is 0 Å². The van der Waals surface area contributed by atoms with Crippen LogP contribution in [0.25, 0.3) is 0 Å². The van der Waals surface area contributed by atoms with Crippen LogP contribution in [-0.2, 0) is 6.42 Å². The number of aryl methyl sites for hydroxylation is 1. The fourth-order valence-electron chi connectivity index (χ4n) is 2.81. The summed E-state index contributed by atoms with van der Waals surface area (Å²) in [4.78, 5) is 2.56. The zero-order valence-corrected chi connectivity index (χ0v) is 11.7. The molecule has 0 aliphatic carbocycles. The van der Waals surface area contributed by atoms with Crippen LogP contribution in [0.3, 0.4) is 0 Å². The molecule has 1 unspecified atom stereocenters. The van der Waals surface area contributed by atoms with E-state index in [1.165, 1.54) is 37.1 Å². The Kier molecular flexibility index (Phi) is 4.79. The molecule has 0 amide bonds. The standard InChI is InChI=1S/C16H26N2/c1-3-14-4-6-15(7-5-14)16(12-17)18-10-8-13(2)9-11-18/h4-7,13,16H,3,8-12,17H2,1-2H3. The molecule has 2 N–H and O–H groups in total. The Labute approximate surface area is 111 Å². The van der Waals surface area contributed by atoms with Crippen LogP contribution < -0.4 is 5.73 Å². The van der Waals surface area contributed by atoms with E-state index in [-0.39, 0.29) is 0 Å². The van der Waals surface area contributed by atoms with Gasteiger partial charge in [0, 0.05) is 12.6 Å². The Morgan fingerprint density at radius 1 is 1.22 bits per heavy atom. The first kappa shape index (κ1) is 13.6. The number of nitrogens with zero attached hydrogens (tertiary/aromatic N) is 1. The molecule has 1 aliphatic heterocycles. The molecule has 1 aliphatic rings. The zero-order chi connectivity index (χ0) is 13.0. The molecule has 0 spiro atoms. The minimum atomic E-state index is 0.406. The molecule has 1 fully saturated rings. The van der Waals surface area contributed by atoms with Gasteiger partial charge in [0.2, 0.25) is 0 Å². The normalized spacial score (nSPS) is 19.9. The largest absolute Gasteiger partial charge is 0.329 e. The van der Waals surface area contributed by atoms with E-state index in [2.05, 4.69) is 43.0 Å². The van der Waals surface area contributed by atoms with Crippen LogP contribution in [0.15, 0.2) is 24.3 Å². The third kappa shape index (κ3) is 3.12. The molecule has 1 saturated heterocycles. The van der Waals surface area contributed by atoms with Crippen molar-refractivity contribution in [3.05, 3.63) is 35.4 Å². The van der Waals surface area contributed by atoms with Gasteiger partial charge < -0.3 is 5.73 Å². The van der Waals surface area contributed by atoms with Crippen molar-refractivity contribution >= 4 is 0 Å². The molecular weight excluding hydrogens is 220 g/mol. The van der Waals surface area contributed by atoms with Gasteiger partial charge in [0.15, 0.2) is 0 Å². The summed E-state index contributed by atoms with van der Waals surface area (Å²) < 4.78 is 0. The number of rotatable bonds is 4. The molecular formula is C16H26N2. The lowest BCUT2D eigenvalue weighted by Gasteiger charge is -2.36. The van der Waals surface area contributed by atoms with Crippen molar-refractivity contribution in [1.82, 2.24) is 4.90 Å². The lowest BCUT2D eigenvalue weighted by molar-refractivity contribution is 0.141. The summed E-state index contributed by atoms with van der Waals surface area (Å²) in [6, 6.07) is 9.40. The van der Waals surface area contributed by atoms with Crippen LogP contribution in [0.2, 0.25) is 0 Å². The Hall–Kier alpha value is -0.860. The Morgan fingerprint density at radius 2 is 1.83 bits per heavy atom. The van der Waals surface area contributed by atoms with Crippen LogP contribution >= 0.6 is 0 Å². The fraction of sp³-hybridized carbons (Fsp3) is 0.625. The number of piperidine rings is 1. The van der Waals surface area contributed by atoms with Gasteiger partial charge in [-0.3, -0.25) is 4.90 Å². The highest BCUT2D eigenvalue weighted by Gasteiger charge is 2.23. The highest BCUT2D eigenvalue weighted by molar-refractivity contribution is 5.25. The van der Waals surface area contributed by atoms with Crippen LogP contribution in [-0.4, -0.2) is 24.5 Å². The molecule has 1 aromatic rings. The van der Waals surface area contributed by atoms with Gasteiger partial charge in [-0.1, -0.05) is 38.1 Å². The summed E-state index contributed by atoms with van der Waals surface area (Å²) in [6.07, 6.45) is 3.72. The van der Waals surface area contributed by atoms with Crippen molar-refractivity contribution in [2.45, 2.75) is 39.2 Å². The number of likely N-dealkylation sites (tertiary alicyclic amines) is 1. The smallest absolute Gasteiger partial charge is 0.0470 e. The van der Waals surface area contributed by atoms with E-state index in [4.69, 9.17) is 5.73 Å². The van der Waals surface area contributed by atoms with Gasteiger partial charge in [-0.05, 0) is 49.4 Å². The lowest BCUT2D eigenvalue weighted by Crippen LogP contribution is -2.39. The number of benzene rings is 1. The molecule has 1 aromatic carbocycles. The Bertz CT molecular complexity index is 350. The second kappa shape index (κ2) is 6.35. The molecule has 0 radical (unpaired) electrons. The minimum absolute atomic E-state index is 0.406. The van der Waals surface area contributed by atoms with Crippen molar-refractivity contribution in [2.75, 3.05) is 19.6 Å². The van der Waals surface area contributed by atoms with Crippen LogP contribution in [0.1, 0.15) is 43.9 Å². The molecule has 2 nitrogen and oxygen atoms in total. The molecule has 2 heteroatoms. The number of nitrogens with two attached hydrogens (primary N) is 1. The summed E-state index contributed by atoms with van der Waals surface area (Å²) >= 11 is 0. The average Bonchev–Trinajstić information content (AvgIpc) is 2.42. The zero-order valence-electron chi connectivity index (χ0n) is 11.7. The maximum Gasteiger partial charge on any atom is 0.0470 e. The third-order valence-corrected chi connectivity index (χ3v) is 4.25. The first-order valence-electron chi connectivity index (χ1n) is 7.27. The quantitative estimate of drug-likeness (QED) is 0.885. The Morgan fingerprint density at radius 3 is 2.33 bits per heavy atom. The highest BCUT2D eigenvalue weighted by Crippen LogP contribution is 2.26. The SMILES string of the molecule is CCc1ccc(C(CN)N2CCC(C)CC2)cc1. The first-order valence-corrected chi connectivity index (χ1v) is 7.27. The van der Waals surface area contributed by atoms with E-state index in [9.17, 15) is 0 Å². The minimum Gasteiger partial charge on any atom is -0.329 e. The molecule has 0 bridgehead atoms. The Balaban J connectivity index is 2.07. The van der Waals surface area contributed by atoms with Gasteiger partial charge in [-0.2, -0.15) is 0 Å². The molecule has 1 atom stereocenters. The lowest BCUT2D eigenvalue weighted by atomic mass is 9.95. The first-order chi connectivity index (χ1) is 8.74. The summed E-state index contributed by atoms with van der Waals surface area (Å²) in [5.41, 5.74) is 8.78. The monoisotopic (exact) mass is 246 g/mol. The second-order valence-electron chi connectivity index (χ2n) is 5.57. The van der Waals surface area contributed by atoms with Gasteiger partial charge >= 0.3 is 0 Å². The van der Waals surface area contributed by atoms with E-state index in [0.717, 1.165) is 18.9 Å². The van der Waals surface area contributed by atoms with Crippen molar-refractivity contribution in [2.24, 2.45) is 11.7 Å². The third-order valence-electron chi connectivity index (χ3n) is 4.25. The van der Waals surface area contributed by atoms with E-state index in [0.29, 0.717) is 6.04 Å². The summed E-state index contributed by atoms with van der Waals surface area (Å²) in [7, 11) is 0. The molecule has 0 aromatic heterocycles. The predicted octanol–water partition coefficient (Wildman–Crippen LogP) is 2.98. The van der Waals surface area contributed by atoms with Crippen molar-refractivity contribution in [3.8, 4) is 0 Å². The van der Waals surface area contributed by atoms with Crippen molar-refractivity contribution < 1.29 is 0 Å². The summed E-state index contributed by atoms with van der Waals surface area (Å²) in [5, 5.41) is 0. The van der Waals surface area contributed by atoms with Gasteiger partial charge in [0.25, 0.3) is 0 Å². The predicted molar refractivity (Wildman–Crippen MR) is 77.6 cm³/mol. The summed E-state index contributed by atoms with van der Waals surface area (Å²) in [6.45, 7) is 7.66. The van der Waals surface area contributed by atoms with Gasteiger partial charge in [-0.25, -0.2) is 0 Å². The van der Waals surface area contributed by atoms with Crippen molar-refractivity contribution in [1.29, 1.82) is 0 Å². The van der Waals surface area contributed by atoms with E-state index in [1.807, 2.05) is 0 Å². The van der Waals surface area contributed by atoms with Gasteiger partial charge in [0.1, 0.15) is 0 Å². The van der Waals surface area contributed by atoms with Crippen LogP contribution in [0.4, 0.5) is 0 Å². The molecule has 18 heavy (non-hydrogen) atoms. The molecule has 2 rings (SSSR count). The fourth-order valence-corrected chi connectivity index (χ4v) is 2.81. The van der Waals surface area contributed by atoms with Gasteiger partial charge in [-0.15, -0.1) is 0 Å². The molecule has 100 valence electrons. The number of hydrogen-bond donors (Lipinski definition) is 1. The maximum absolute atomic E-state index is 6.00. The maximum atomic E-state index is 6.00. The van der Waals surface area contributed by atoms with E-state index in [1.54, 1.807) is 0 Å². The summed E-state index contributed by atoms with van der Waals surface area (Å²) in [5.74, 6) is 0.877. The van der Waals surface area contributed by atoms with Crippen molar-refractivity contribution in [3.63, 3.8) is 0 Å². The molecule has 0 saturated carbocycles. The second-order valence-corrected chi connectivity index (χ2v) is 5.57. The van der Waals surface area contributed by atoms with Crippen LogP contribution in [0.5, 0.6) is 0 Å². The topological polar surface area (TPSA) is 29.3 Å². The van der Waals surface area contributed by atoms with E-state index >= 15 is 0 Å².